The molecule has 0 radical (unpaired) electrons. The van der Waals surface area contributed by atoms with E-state index in [1.54, 1.807) is 36.1 Å². The average Bonchev–Trinajstić information content (AvgIpc) is 3.06. The number of carbonyl (C=O) groups excluding carboxylic acids is 1. The number of rotatable bonds is 5. The van der Waals surface area contributed by atoms with Gasteiger partial charge in [0.1, 0.15) is 17.7 Å². The molecule has 132 valence electrons. The molecule has 3 rings (SSSR count). The number of halogens is 1. The summed E-state index contributed by atoms with van der Waals surface area (Å²) in [5.74, 6) is -0.334. The highest BCUT2D eigenvalue weighted by Crippen LogP contribution is 2.22. The summed E-state index contributed by atoms with van der Waals surface area (Å²) >= 11 is 0. The summed E-state index contributed by atoms with van der Waals surface area (Å²) < 4.78 is 15.0. The maximum Gasteiger partial charge on any atom is 0.270 e. The highest BCUT2D eigenvalue weighted by molar-refractivity contribution is 5.95. The molecule has 2 aromatic carbocycles. The Morgan fingerprint density at radius 2 is 2.00 bits per heavy atom. The van der Waals surface area contributed by atoms with Crippen LogP contribution in [0.4, 0.5) is 10.1 Å². The fourth-order valence-corrected chi connectivity index (χ4v) is 2.58. The van der Waals surface area contributed by atoms with E-state index in [-0.39, 0.29) is 11.3 Å². The van der Waals surface area contributed by atoms with Crippen molar-refractivity contribution in [3.05, 3.63) is 93.8 Å². The third-order valence-corrected chi connectivity index (χ3v) is 3.91. The number of aryl methyl sites for hydroxylation is 1. The monoisotopic (exact) mass is 354 g/mol. The lowest BCUT2D eigenvalue weighted by Crippen LogP contribution is -2.31. The van der Waals surface area contributed by atoms with Crippen molar-refractivity contribution in [2.45, 2.75) is 6.04 Å². The van der Waals surface area contributed by atoms with Gasteiger partial charge in [0.25, 0.3) is 11.6 Å². The van der Waals surface area contributed by atoms with E-state index >= 15 is 0 Å². The number of nitro benzene ring substituents is 1. The van der Waals surface area contributed by atoms with Gasteiger partial charge in [0.15, 0.2) is 0 Å². The number of imidazole rings is 1. The maximum absolute atomic E-state index is 13.2. The Bertz CT molecular complexity index is 953. The van der Waals surface area contributed by atoms with Crippen molar-refractivity contribution in [1.29, 1.82) is 0 Å². The van der Waals surface area contributed by atoms with Gasteiger partial charge in [-0.1, -0.05) is 18.2 Å². The van der Waals surface area contributed by atoms with Crippen LogP contribution in [0.25, 0.3) is 0 Å². The Hall–Kier alpha value is -3.55. The molecule has 0 saturated carbocycles. The predicted octanol–water partition coefficient (Wildman–Crippen LogP) is 2.99. The summed E-state index contributed by atoms with van der Waals surface area (Å²) in [6.07, 6.45) is 3.32. The maximum atomic E-state index is 13.2. The number of nitrogens with one attached hydrogen (secondary N) is 1. The van der Waals surface area contributed by atoms with E-state index in [4.69, 9.17) is 0 Å². The van der Waals surface area contributed by atoms with E-state index in [1.807, 2.05) is 0 Å². The van der Waals surface area contributed by atoms with Crippen LogP contribution in [0, 0.1) is 15.9 Å². The molecule has 0 aliphatic rings. The number of aromatic nitrogens is 2. The first kappa shape index (κ1) is 17.3. The highest BCUT2D eigenvalue weighted by atomic mass is 19.1. The van der Waals surface area contributed by atoms with Crippen LogP contribution >= 0.6 is 0 Å². The van der Waals surface area contributed by atoms with Gasteiger partial charge in [-0.05, 0) is 23.8 Å². The first-order chi connectivity index (χ1) is 12.5. The smallest absolute Gasteiger partial charge is 0.270 e. The van der Waals surface area contributed by atoms with Crippen molar-refractivity contribution in [1.82, 2.24) is 14.9 Å². The summed E-state index contributed by atoms with van der Waals surface area (Å²) in [6, 6.07) is 10.5. The van der Waals surface area contributed by atoms with E-state index in [9.17, 15) is 19.3 Å². The van der Waals surface area contributed by atoms with E-state index < -0.39 is 22.7 Å². The molecule has 0 aliphatic heterocycles. The minimum atomic E-state index is -0.637. The summed E-state index contributed by atoms with van der Waals surface area (Å²) in [5, 5.41) is 13.7. The first-order valence-electron chi connectivity index (χ1n) is 7.73. The van der Waals surface area contributed by atoms with Crippen LogP contribution in [-0.2, 0) is 7.05 Å². The molecule has 1 heterocycles. The van der Waals surface area contributed by atoms with Gasteiger partial charge in [-0.25, -0.2) is 9.37 Å². The molecule has 0 saturated heterocycles. The SMILES string of the molecule is Cn1ccnc1[C@@H](NC(=O)c1cccc([N+](=O)[O-])c1)c1ccc(F)cc1. The van der Waals surface area contributed by atoms with Gasteiger partial charge >= 0.3 is 0 Å². The van der Waals surface area contributed by atoms with Crippen molar-refractivity contribution < 1.29 is 14.1 Å². The van der Waals surface area contributed by atoms with Crippen LogP contribution in [0.15, 0.2) is 60.9 Å². The lowest BCUT2D eigenvalue weighted by molar-refractivity contribution is -0.384. The second kappa shape index (κ2) is 7.14. The Morgan fingerprint density at radius 1 is 1.27 bits per heavy atom. The zero-order valence-corrected chi connectivity index (χ0v) is 13.8. The summed E-state index contributed by atoms with van der Waals surface area (Å²) in [7, 11) is 1.78. The first-order valence-corrected chi connectivity index (χ1v) is 7.73. The van der Waals surface area contributed by atoms with Crippen LogP contribution in [0.1, 0.15) is 27.8 Å². The molecule has 1 atom stereocenters. The Morgan fingerprint density at radius 3 is 2.62 bits per heavy atom. The molecule has 8 heteroatoms. The molecule has 0 bridgehead atoms. The molecule has 3 aromatic rings. The third kappa shape index (κ3) is 3.59. The quantitative estimate of drug-likeness (QED) is 0.563. The number of carbonyl (C=O) groups is 1. The van der Waals surface area contributed by atoms with Crippen molar-refractivity contribution in [3.8, 4) is 0 Å². The van der Waals surface area contributed by atoms with E-state index in [0.29, 0.717) is 11.4 Å². The van der Waals surface area contributed by atoms with Crippen LogP contribution in [0.5, 0.6) is 0 Å². The summed E-state index contributed by atoms with van der Waals surface area (Å²) in [6.45, 7) is 0. The number of hydrogen-bond acceptors (Lipinski definition) is 4. The van der Waals surface area contributed by atoms with Gasteiger partial charge in [-0.15, -0.1) is 0 Å². The number of benzene rings is 2. The molecular formula is C18H15FN4O3. The molecule has 0 unspecified atom stereocenters. The Balaban J connectivity index is 1.94. The van der Waals surface area contributed by atoms with Crippen molar-refractivity contribution in [3.63, 3.8) is 0 Å². The second-order valence-electron chi connectivity index (χ2n) is 5.66. The summed E-state index contributed by atoms with van der Waals surface area (Å²) in [5.41, 5.74) is 0.618. The normalized spacial score (nSPS) is 11.8. The van der Waals surface area contributed by atoms with Crippen LogP contribution in [0.2, 0.25) is 0 Å². The molecule has 0 spiro atoms. The van der Waals surface area contributed by atoms with Gasteiger partial charge in [-0.3, -0.25) is 14.9 Å². The van der Waals surface area contributed by atoms with E-state index in [1.165, 1.54) is 36.4 Å². The number of hydrogen-bond donors (Lipinski definition) is 1. The molecule has 1 N–H and O–H groups in total. The predicted molar refractivity (Wildman–Crippen MR) is 92.0 cm³/mol. The third-order valence-electron chi connectivity index (χ3n) is 3.91. The average molecular weight is 354 g/mol. The number of amides is 1. The molecule has 0 fully saturated rings. The minimum absolute atomic E-state index is 0.153. The number of nitro groups is 1. The van der Waals surface area contributed by atoms with Gasteiger partial charge in [-0.2, -0.15) is 0 Å². The fraction of sp³-hybridized carbons (Fsp3) is 0.111. The van der Waals surface area contributed by atoms with Gasteiger partial charge in [0, 0.05) is 37.1 Å². The van der Waals surface area contributed by atoms with Crippen molar-refractivity contribution in [2.75, 3.05) is 0 Å². The Kier molecular flexibility index (Phi) is 4.74. The molecule has 7 nitrogen and oxygen atoms in total. The van der Waals surface area contributed by atoms with Gasteiger partial charge in [0.2, 0.25) is 0 Å². The van der Waals surface area contributed by atoms with Crippen LogP contribution in [-0.4, -0.2) is 20.4 Å². The molecule has 1 aromatic heterocycles. The lowest BCUT2D eigenvalue weighted by atomic mass is 10.0. The van der Waals surface area contributed by atoms with Gasteiger partial charge < -0.3 is 9.88 Å². The van der Waals surface area contributed by atoms with Crippen LogP contribution in [0.3, 0.4) is 0 Å². The van der Waals surface area contributed by atoms with Crippen molar-refractivity contribution >= 4 is 11.6 Å². The standard InChI is InChI=1S/C18H15FN4O3/c1-22-10-9-20-17(22)16(12-5-7-14(19)8-6-12)21-18(24)13-3-2-4-15(11-13)23(25)26/h2-11,16H,1H3,(H,21,24)/t16-/m0/s1. The highest BCUT2D eigenvalue weighted by Gasteiger charge is 2.22. The second-order valence-corrected chi connectivity index (χ2v) is 5.66. The fourth-order valence-electron chi connectivity index (χ4n) is 2.58. The number of nitrogens with zero attached hydrogens (tertiary/aromatic N) is 3. The topological polar surface area (TPSA) is 90.1 Å². The lowest BCUT2D eigenvalue weighted by Gasteiger charge is -2.19. The summed E-state index contributed by atoms with van der Waals surface area (Å²) in [4.78, 5) is 27.2. The Labute approximate surface area is 148 Å². The molecule has 26 heavy (non-hydrogen) atoms. The molecular weight excluding hydrogens is 339 g/mol. The molecule has 0 aliphatic carbocycles. The number of non-ortho nitro benzene ring substituents is 1. The van der Waals surface area contributed by atoms with Crippen LogP contribution < -0.4 is 5.32 Å². The van der Waals surface area contributed by atoms with Crippen molar-refractivity contribution in [2.24, 2.45) is 7.05 Å². The van der Waals surface area contributed by atoms with Gasteiger partial charge in [0.05, 0.1) is 4.92 Å². The zero-order valence-electron chi connectivity index (χ0n) is 13.8. The zero-order chi connectivity index (χ0) is 18.7. The van der Waals surface area contributed by atoms with E-state index in [0.717, 1.165) is 0 Å². The molecule has 1 amide bonds. The largest absolute Gasteiger partial charge is 0.338 e. The minimum Gasteiger partial charge on any atom is -0.338 e. The van der Waals surface area contributed by atoms with E-state index in [2.05, 4.69) is 10.3 Å².